The van der Waals surface area contributed by atoms with Crippen molar-refractivity contribution in [1.29, 1.82) is 0 Å². The van der Waals surface area contributed by atoms with E-state index >= 15 is 0 Å². The van der Waals surface area contributed by atoms with Crippen LogP contribution in [0, 0.1) is 0 Å². The first-order chi connectivity index (χ1) is 12.8. The normalized spacial score (nSPS) is 17.0. The van der Waals surface area contributed by atoms with E-state index in [1.165, 1.54) is 11.3 Å². The van der Waals surface area contributed by atoms with Gasteiger partial charge in [0.25, 0.3) is 0 Å². The first-order valence-electron chi connectivity index (χ1n) is 9.01. The third-order valence-corrected chi connectivity index (χ3v) is 4.89. The average molecular weight is 349 g/mol. The van der Waals surface area contributed by atoms with Gasteiger partial charge in [-0.1, -0.05) is 6.07 Å². The van der Waals surface area contributed by atoms with Gasteiger partial charge in [0.05, 0.1) is 12.6 Å². The van der Waals surface area contributed by atoms with Crippen LogP contribution in [-0.4, -0.2) is 37.6 Å². The first-order valence-corrected chi connectivity index (χ1v) is 9.01. The number of imidazole rings is 1. The molecule has 1 atom stereocenters. The quantitative estimate of drug-likeness (QED) is 0.685. The van der Waals surface area contributed by atoms with E-state index < -0.39 is 0 Å². The standard InChI is InChI=1S/C20H23N5O/c1-16-20-23-14-18(6-12-26-19-4-8-21-9-5-19)25(20)11-10-24(16)15-17-3-2-7-22-13-17/h2-5,7-9,13-14,16H,6,10-12,15H2,1H3/t16-/m1/s1. The zero-order valence-electron chi connectivity index (χ0n) is 15.0. The zero-order chi connectivity index (χ0) is 17.8. The van der Waals surface area contributed by atoms with E-state index in [4.69, 9.17) is 9.72 Å². The minimum atomic E-state index is 0.291. The van der Waals surface area contributed by atoms with Crippen molar-refractivity contribution in [2.24, 2.45) is 0 Å². The maximum atomic E-state index is 5.80. The molecule has 0 unspecified atom stereocenters. The molecule has 0 fully saturated rings. The molecule has 6 heteroatoms. The van der Waals surface area contributed by atoms with Gasteiger partial charge in [-0.3, -0.25) is 14.9 Å². The predicted molar refractivity (Wildman–Crippen MR) is 98.7 cm³/mol. The minimum Gasteiger partial charge on any atom is -0.493 e. The molecule has 4 heterocycles. The van der Waals surface area contributed by atoms with Crippen LogP contribution in [0.5, 0.6) is 5.75 Å². The predicted octanol–water partition coefficient (Wildman–Crippen LogP) is 2.87. The van der Waals surface area contributed by atoms with Crippen molar-refractivity contribution in [2.45, 2.75) is 32.5 Å². The van der Waals surface area contributed by atoms with Crippen molar-refractivity contribution in [3.8, 4) is 5.75 Å². The molecule has 0 radical (unpaired) electrons. The van der Waals surface area contributed by atoms with Crippen molar-refractivity contribution >= 4 is 0 Å². The molecule has 0 spiro atoms. The molecular weight excluding hydrogens is 326 g/mol. The van der Waals surface area contributed by atoms with Crippen LogP contribution in [0.2, 0.25) is 0 Å². The number of hydrogen-bond donors (Lipinski definition) is 0. The van der Waals surface area contributed by atoms with E-state index in [-0.39, 0.29) is 0 Å². The lowest BCUT2D eigenvalue weighted by Crippen LogP contribution is -2.37. The zero-order valence-corrected chi connectivity index (χ0v) is 15.0. The van der Waals surface area contributed by atoms with Crippen LogP contribution in [0.3, 0.4) is 0 Å². The van der Waals surface area contributed by atoms with Crippen LogP contribution in [-0.2, 0) is 19.5 Å². The highest BCUT2D eigenvalue weighted by Crippen LogP contribution is 2.27. The summed E-state index contributed by atoms with van der Waals surface area (Å²) >= 11 is 0. The molecule has 3 aromatic rings. The lowest BCUT2D eigenvalue weighted by Gasteiger charge is -2.34. The van der Waals surface area contributed by atoms with Gasteiger partial charge < -0.3 is 9.30 Å². The summed E-state index contributed by atoms with van der Waals surface area (Å²) in [4.78, 5) is 15.4. The Hall–Kier alpha value is -2.73. The summed E-state index contributed by atoms with van der Waals surface area (Å²) in [5, 5.41) is 0. The van der Waals surface area contributed by atoms with Crippen molar-refractivity contribution in [3.05, 3.63) is 72.3 Å². The Balaban J connectivity index is 1.39. The molecule has 26 heavy (non-hydrogen) atoms. The summed E-state index contributed by atoms with van der Waals surface area (Å²) < 4.78 is 8.15. The van der Waals surface area contributed by atoms with Gasteiger partial charge >= 0.3 is 0 Å². The largest absolute Gasteiger partial charge is 0.493 e. The molecule has 0 saturated heterocycles. The van der Waals surface area contributed by atoms with E-state index in [0.717, 1.165) is 37.6 Å². The molecule has 1 aliphatic heterocycles. The highest BCUT2D eigenvalue weighted by atomic mass is 16.5. The molecular formula is C20H23N5O. The molecule has 0 saturated carbocycles. The van der Waals surface area contributed by atoms with Gasteiger partial charge in [-0.2, -0.15) is 0 Å². The summed E-state index contributed by atoms with van der Waals surface area (Å²) in [6.07, 6.45) is 10.1. The van der Waals surface area contributed by atoms with Gasteiger partial charge in [-0.25, -0.2) is 4.98 Å². The number of ether oxygens (including phenoxy) is 1. The molecule has 0 aromatic carbocycles. The molecule has 0 amide bonds. The monoisotopic (exact) mass is 349 g/mol. The van der Waals surface area contributed by atoms with Gasteiger partial charge in [0.2, 0.25) is 0 Å². The summed E-state index contributed by atoms with van der Waals surface area (Å²) in [6.45, 7) is 5.75. The van der Waals surface area contributed by atoms with Crippen LogP contribution < -0.4 is 4.74 Å². The molecule has 1 aliphatic rings. The number of hydrogen-bond acceptors (Lipinski definition) is 5. The molecule has 3 aromatic heterocycles. The van der Waals surface area contributed by atoms with E-state index in [9.17, 15) is 0 Å². The second-order valence-corrected chi connectivity index (χ2v) is 6.55. The fourth-order valence-corrected chi connectivity index (χ4v) is 3.45. The maximum absolute atomic E-state index is 5.80. The molecule has 4 rings (SSSR count). The lowest BCUT2D eigenvalue weighted by atomic mass is 10.1. The molecule has 6 nitrogen and oxygen atoms in total. The molecule has 0 N–H and O–H groups in total. The number of aromatic nitrogens is 4. The molecule has 0 aliphatic carbocycles. The van der Waals surface area contributed by atoms with Crippen LogP contribution in [0.4, 0.5) is 0 Å². The number of fused-ring (bicyclic) bond motifs is 1. The Morgan fingerprint density at radius 3 is 2.77 bits per heavy atom. The summed E-state index contributed by atoms with van der Waals surface area (Å²) in [5.41, 5.74) is 2.48. The fourth-order valence-electron chi connectivity index (χ4n) is 3.45. The van der Waals surface area contributed by atoms with Gasteiger partial charge in [0, 0.05) is 62.7 Å². The Kier molecular flexibility index (Phi) is 4.93. The van der Waals surface area contributed by atoms with Crippen LogP contribution in [0.1, 0.15) is 30.0 Å². The second-order valence-electron chi connectivity index (χ2n) is 6.55. The fraction of sp³-hybridized carbons (Fsp3) is 0.350. The highest BCUT2D eigenvalue weighted by molar-refractivity contribution is 5.17. The highest BCUT2D eigenvalue weighted by Gasteiger charge is 2.26. The Labute approximate surface area is 153 Å². The van der Waals surface area contributed by atoms with E-state index in [0.29, 0.717) is 12.6 Å². The Morgan fingerprint density at radius 1 is 1.08 bits per heavy atom. The summed E-state index contributed by atoms with van der Waals surface area (Å²) in [7, 11) is 0. The number of nitrogens with zero attached hydrogens (tertiary/aromatic N) is 5. The number of rotatable bonds is 6. The van der Waals surface area contributed by atoms with Crippen molar-refractivity contribution < 1.29 is 4.74 Å². The number of pyridine rings is 2. The third-order valence-electron chi connectivity index (χ3n) is 4.89. The van der Waals surface area contributed by atoms with Crippen molar-refractivity contribution in [1.82, 2.24) is 24.4 Å². The second kappa shape index (κ2) is 7.66. The van der Waals surface area contributed by atoms with Gasteiger partial charge in [-0.15, -0.1) is 0 Å². The summed E-state index contributed by atoms with van der Waals surface area (Å²) in [5.74, 6) is 1.99. The first kappa shape index (κ1) is 16.7. The smallest absolute Gasteiger partial charge is 0.126 e. The van der Waals surface area contributed by atoms with Gasteiger partial charge in [0.15, 0.2) is 0 Å². The summed E-state index contributed by atoms with van der Waals surface area (Å²) in [6, 6.07) is 8.17. The van der Waals surface area contributed by atoms with Crippen molar-refractivity contribution in [2.75, 3.05) is 13.2 Å². The van der Waals surface area contributed by atoms with Gasteiger partial charge in [-0.05, 0) is 30.7 Å². The van der Waals surface area contributed by atoms with E-state index in [1.807, 2.05) is 36.8 Å². The lowest BCUT2D eigenvalue weighted by molar-refractivity contribution is 0.154. The van der Waals surface area contributed by atoms with Gasteiger partial charge in [0.1, 0.15) is 11.6 Å². The van der Waals surface area contributed by atoms with Crippen LogP contribution in [0.25, 0.3) is 0 Å². The van der Waals surface area contributed by atoms with Crippen LogP contribution >= 0.6 is 0 Å². The Bertz CT molecular complexity index is 834. The average Bonchev–Trinajstić information content (AvgIpc) is 3.10. The van der Waals surface area contributed by atoms with E-state index in [1.54, 1.807) is 12.4 Å². The minimum absolute atomic E-state index is 0.291. The Morgan fingerprint density at radius 2 is 1.96 bits per heavy atom. The maximum Gasteiger partial charge on any atom is 0.126 e. The third kappa shape index (κ3) is 3.60. The van der Waals surface area contributed by atoms with Crippen LogP contribution in [0.15, 0.2) is 55.2 Å². The topological polar surface area (TPSA) is 56.1 Å². The SMILES string of the molecule is C[C@@H]1c2ncc(CCOc3ccncc3)n2CCN1Cc1cccnc1. The van der Waals surface area contributed by atoms with E-state index in [2.05, 4.69) is 32.4 Å². The van der Waals surface area contributed by atoms with Crippen molar-refractivity contribution in [3.63, 3.8) is 0 Å². The molecule has 134 valence electrons. The molecule has 0 bridgehead atoms.